The van der Waals surface area contributed by atoms with Gasteiger partial charge in [-0.15, -0.1) is 0 Å². The maximum absolute atomic E-state index is 5.87. The Bertz CT molecular complexity index is 824. The molecule has 0 saturated heterocycles. The smallest absolute Gasteiger partial charge is 0.171 e. The lowest BCUT2D eigenvalue weighted by molar-refractivity contribution is 0.0934. The maximum atomic E-state index is 5.87. The SMILES string of the molecule is C/C(=N\O[C@@H](/C=C/c1ccccc1)c1ccccc1)c1ccccc1. The van der Waals surface area contributed by atoms with Gasteiger partial charge >= 0.3 is 0 Å². The summed E-state index contributed by atoms with van der Waals surface area (Å²) in [6, 6.07) is 30.4. The van der Waals surface area contributed by atoms with Crippen molar-refractivity contribution in [3.8, 4) is 0 Å². The Morgan fingerprint density at radius 2 is 1.36 bits per heavy atom. The van der Waals surface area contributed by atoms with Gasteiger partial charge in [-0.1, -0.05) is 102 Å². The number of nitrogens with zero attached hydrogens (tertiary/aromatic N) is 1. The van der Waals surface area contributed by atoms with Gasteiger partial charge in [0, 0.05) is 0 Å². The third-order valence-electron chi connectivity index (χ3n) is 3.89. The minimum atomic E-state index is -0.236. The van der Waals surface area contributed by atoms with Crippen molar-refractivity contribution in [1.82, 2.24) is 0 Å². The topological polar surface area (TPSA) is 21.6 Å². The molecule has 0 amide bonds. The molecule has 0 spiro atoms. The summed E-state index contributed by atoms with van der Waals surface area (Å²) in [6.07, 6.45) is 3.86. The van der Waals surface area contributed by atoms with Crippen LogP contribution in [0.1, 0.15) is 29.7 Å². The Hall–Kier alpha value is -3.13. The summed E-state index contributed by atoms with van der Waals surface area (Å²) in [5.74, 6) is 0. The molecule has 25 heavy (non-hydrogen) atoms. The highest BCUT2D eigenvalue weighted by Gasteiger charge is 2.09. The third kappa shape index (κ3) is 4.92. The molecule has 2 nitrogen and oxygen atoms in total. The summed E-state index contributed by atoms with van der Waals surface area (Å²) >= 11 is 0. The van der Waals surface area contributed by atoms with Gasteiger partial charge < -0.3 is 4.84 Å². The molecule has 124 valence electrons. The number of rotatable bonds is 6. The molecule has 0 bridgehead atoms. The van der Waals surface area contributed by atoms with Crippen LogP contribution in [0.5, 0.6) is 0 Å². The quantitative estimate of drug-likeness (QED) is 0.409. The first kappa shape index (κ1) is 16.7. The van der Waals surface area contributed by atoms with Crippen LogP contribution >= 0.6 is 0 Å². The molecule has 2 heteroatoms. The number of benzene rings is 3. The summed E-state index contributed by atoms with van der Waals surface area (Å²) < 4.78 is 0. The van der Waals surface area contributed by atoms with E-state index in [2.05, 4.69) is 23.4 Å². The number of oxime groups is 1. The van der Waals surface area contributed by atoms with Gasteiger partial charge in [0.15, 0.2) is 6.10 Å². The lowest BCUT2D eigenvalue weighted by Gasteiger charge is -2.12. The fourth-order valence-electron chi connectivity index (χ4n) is 2.48. The van der Waals surface area contributed by atoms with Crippen LogP contribution in [0, 0.1) is 0 Å². The lowest BCUT2D eigenvalue weighted by Crippen LogP contribution is -2.01. The van der Waals surface area contributed by atoms with Crippen molar-refractivity contribution in [1.29, 1.82) is 0 Å². The summed E-state index contributed by atoms with van der Waals surface area (Å²) in [5, 5.41) is 4.35. The second-order valence-electron chi connectivity index (χ2n) is 5.75. The summed E-state index contributed by atoms with van der Waals surface area (Å²) in [7, 11) is 0. The van der Waals surface area contributed by atoms with E-state index in [1.165, 1.54) is 0 Å². The predicted molar refractivity (Wildman–Crippen MR) is 104 cm³/mol. The first-order valence-electron chi connectivity index (χ1n) is 8.37. The number of hydrogen-bond acceptors (Lipinski definition) is 2. The van der Waals surface area contributed by atoms with Crippen molar-refractivity contribution in [2.45, 2.75) is 13.0 Å². The van der Waals surface area contributed by atoms with Crippen LogP contribution in [0.25, 0.3) is 6.08 Å². The van der Waals surface area contributed by atoms with E-state index in [-0.39, 0.29) is 6.10 Å². The van der Waals surface area contributed by atoms with Crippen molar-refractivity contribution >= 4 is 11.8 Å². The lowest BCUT2D eigenvalue weighted by atomic mass is 10.1. The van der Waals surface area contributed by atoms with Gasteiger partial charge in [0.05, 0.1) is 5.71 Å². The molecule has 1 atom stereocenters. The first-order valence-corrected chi connectivity index (χ1v) is 8.37. The molecule has 0 N–H and O–H groups in total. The van der Waals surface area contributed by atoms with E-state index in [0.717, 1.165) is 22.4 Å². The molecular weight excluding hydrogens is 306 g/mol. The van der Waals surface area contributed by atoms with E-state index in [4.69, 9.17) is 4.84 Å². The van der Waals surface area contributed by atoms with E-state index in [1.807, 2.05) is 91.9 Å². The van der Waals surface area contributed by atoms with Crippen LogP contribution in [0.4, 0.5) is 0 Å². The monoisotopic (exact) mass is 327 g/mol. The average Bonchev–Trinajstić information content (AvgIpc) is 2.70. The van der Waals surface area contributed by atoms with Gasteiger partial charge in [-0.2, -0.15) is 0 Å². The second kappa shape index (κ2) is 8.65. The molecule has 0 fully saturated rings. The Kier molecular flexibility index (Phi) is 5.78. The molecule has 3 aromatic carbocycles. The molecule has 0 aliphatic carbocycles. The van der Waals surface area contributed by atoms with Gasteiger partial charge in [-0.05, 0) is 29.7 Å². The van der Waals surface area contributed by atoms with Crippen molar-refractivity contribution in [3.05, 3.63) is 114 Å². The Labute approximate surface area is 149 Å². The first-order chi connectivity index (χ1) is 12.3. The fourth-order valence-corrected chi connectivity index (χ4v) is 2.48. The average molecular weight is 327 g/mol. The van der Waals surface area contributed by atoms with Crippen molar-refractivity contribution in [2.75, 3.05) is 0 Å². The maximum Gasteiger partial charge on any atom is 0.171 e. The molecular formula is C23H21NO. The minimum Gasteiger partial charge on any atom is -0.383 e. The zero-order valence-corrected chi connectivity index (χ0v) is 14.2. The van der Waals surface area contributed by atoms with Crippen LogP contribution in [-0.4, -0.2) is 5.71 Å². The highest BCUT2D eigenvalue weighted by atomic mass is 16.6. The predicted octanol–water partition coefficient (Wildman–Crippen LogP) is 5.88. The standard InChI is InChI=1S/C23H21NO/c1-19(21-13-7-3-8-14-21)24-25-23(22-15-9-4-10-16-22)18-17-20-11-5-2-6-12-20/h2-18,23H,1H3/b18-17+,24-19+/t23-/m0/s1. The summed E-state index contributed by atoms with van der Waals surface area (Å²) in [6.45, 7) is 1.96. The Balaban J connectivity index is 1.81. The van der Waals surface area contributed by atoms with Crippen LogP contribution in [0.15, 0.2) is 102 Å². The molecule has 0 saturated carbocycles. The second-order valence-corrected chi connectivity index (χ2v) is 5.75. The van der Waals surface area contributed by atoms with Crippen LogP contribution in [-0.2, 0) is 4.84 Å². The number of hydrogen-bond donors (Lipinski definition) is 0. The molecule has 0 heterocycles. The summed E-state index contributed by atoms with van der Waals surface area (Å²) in [5.41, 5.74) is 4.12. The highest BCUT2D eigenvalue weighted by molar-refractivity contribution is 5.98. The molecule has 0 aliphatic rings. The van der Waals surface area contributed by atoms with Crippen LogP contribution < -0.4 is 0 Å². The normalized spacial score (nSPS) is 12.9. The van der Waals surface area contributed by atoms with Crippen molar-refractivity contribution < 1.29 is 4.84 Å². The van der Waals surface area contributed by atoms with Gasteiger partial charge in [-0.3, -0.25) is 0 Å². The van der Waals surface area contributed by atoms with E-state index >= 15 is 0 Å². The van der Waals surface area contributed by atoms with Gasteiger partial charge in [0.2, 0.25) is 0 Å². The largest absolute Gasteiger partial charge is 0.383 e. The zero-order valence-electron chi connectivity index (χ0n) is 14.2. The minimum absolute atomic E-state index is 0.236. The summed E-state index contributed by atoms with van der Waals surface area (Å²) in [4.78, 5) is 5.87. The molecule has 0 unspecified atom stereocenters. The molecule has 3 aromatic rings. The van der Waals surface area contributed by atoms with E-state index in [0.29, 0.717) is 0 Å². The zero-order chi connectivity index (χ0) is 17.3. The Morgan fingerprint density at radius 3 is 2.00 bits per heavy atom. The van der Waals surface area contributed by atoms with Crippen LogP contribution in [0.2, 0.25) is 0 Å². The van der Waals surface area contributed by atoms with Crippen LogP contribution in [0.3, 0.4) is 0 Å². The van der Waals surface area contributed by atoms with Crippen molar-refractivity contribution in [3.63, 3.8) is 0 Å². The van der Waals surface area contributed by atoms with Gasteiger partial charge in [0.1, 0.15) is 0 Å². The molecule has 3 rings (SSSR count). The third-order valence-corrected chi connectivity index (χ3v) is 3.89. The molecule has 0 aliphatic heterocycles. The van der Waals surface area contributed by atoms with Gasteiger partial charge in [0.25, 0.3) is 0 Å². The van der Waals surface area contributed by atoms with E-state index < -0.39 is 0 Å². The highest BCUT2D eigenvalue weighted by Crippen LogP contribution is 2.21. The molecule has 0 aromatic heterocycles. The van der Waals surface area contributed by atoms with Gasteiger partial charge in [-0.25, -0.2) is 0 Å². The Morgan fingerprint density at radius 1 is 0.800 bits per heavy atom. The van der Waals surface area contributed by atoms with E-state index in [1.54, 1.807) is 0 Å². The fraction of sp³-hybridized carbons (Fsp3) is 0.0870. The molecule has 0 radical (unpaired) electrons. The van der Waals surface area contributed by atoms with E-state index in [9.17, 15) is 0 Å². The van der Waals surface area contributed by atoms with Crippen molar-refractivity contribution in [2.24, 2.45) is 5.16 Å².